The average Bonchev–Trinajstić information content (AvgIpc) is 2.69. The molecule has 17 heavy (non-hydrogen) atoms. The van der Waals surface area contributed by atoms with Crippen molar-refractivity contribution >= 4 is 0 Å². The van der Waals surface area contributed by atoms with E-state index in [2.05, 4.69) is 27.0 Å². The second kappa shape index (κ2) is 4.30. The maximum absolute atomic E-state index is 4.64. The van der Waals surface area contributed by atoms with Gasteiger partial charge in [-0.25, -0.2) is 0 Å². The van der Waals surface area contributed by atoms with E-state index in [1.54, 1.807) is 0 Å². The van der Waals surface area contributed by atoms with Crippen LogP contribution in [0.25, 0.3) is 0 Å². The van der Waals surface area contributed by atoms with Crippen LogP contribution in [0.4, 0.5) is 0 Å². The monoisotopic (exact) mass is 228 g/mol. The highest BCUT2D eigenvalue weighted by atomic mass is 15.3. The molecule has 0 aromatic carbocycles. The molecule has 0 amide bonds. The highest BCUT2D eigenvalue weighted by Gasteiger charge is 2.17. The molecule has 0 saturated heterocycles. The van der Waals surface area contributed by atoms with E-state index < -0.39 is 0 Å². The Kier molecular flexibility index (Phi) is 2.65. The molecule has 3 heterocycles. The van der Waals surface area contributed by atoms with Gasteiger partial charge in [0, 0.05) is 43.2 Å². The summed E-state index contributed by atoms with van der Waals surface area (Å²) >= 11 is 0. The summed E-state index contributed by atoms with van der Waals surface area (Å²) in [6, 6.07) is 4.09. The van der Waals surface area contributed by atoms with Crippen molar-refractivity contribution in [2.45, 2.75) is 26.4 Å². The van der Waals surface area contributed by atoms with Crippen LogP contribution in [-0.2, 0) is 19.5 Å². The van der Waals surface area contributed by atoms with Crippen LogP contribution in [-0.4, -0.2) is 21.3 Å². The summed E-state index contributed by atoms with van der Waals surface area (Å²) < 4.78 is 2.14. The third-order valence-corrected chi connectivity index (χ3v) is 3.29. The maximum atomic E-state index is 4.64. The SMILES string of the molecule is Cc1nn(Cc2ccncc2)c2c1CNCC2. The van der Waals surface area contributed by atoms with E-state index in [0.717, 1.165) is 31.7 Å². The maximum Gasteiger partial charge on any atom is 0.0663 e. The Hall–Kier alpha value is -1.68. The van der Waals surface area contributed by atoms with Crippen molar-refractivity contribution in [1.29, 1.82) is 0 Å². The second-order valence-corrected chi connectivity index (χ2v) is 4.45. The molecule has 0 saturated carbocycles. The van der Waals surface area contributed by atoms with Gasteiger partial charge in [-0.15, -0.1) is 0 Å². The Morgan fingerprint density at radius 1 is 1.35 bits per heavy atom. The normalized spacial score (nSPS) is 14.6. The van der Waals surface area contributed by atoms with Gasteiger partial charge in [0.2, 0.25) is 0 Å². The largest absolute Gasteiger partial charge is 0.312 e. The molecule has 1 aliphatic rings. The van der Waals surface area contributed by atoms with E-state index in [1.807, 2.05) is 24.5 Å². The van der Waals surface area contributed by atoms with Crippen molar-refractivity contribution < 1.29 is 0 Å². The van der Waals surface area contributed by atoms with Crippen LogP contribution in [0.15, 0.2) is 24.5 Å². The summed E-state index contributed by atoms with van der Waals surface area (Å²) in [5.41, 5.74) is 5.17. The fourth-order valence-corrected chi connectivity index (χ4v) is 2.39. The molecular weight excluding hydrogens is 212 g/mol. The lowest BCUT2D eigenvalue weighted by molar-refractivity contribution is 0.582. The molecule has 0 bridgehead atoms. The zero-order valence-electron chi connectivity index (χ0n) is 9.98. The van der Waals surface area contributed by atoms with E-state index in [4.69, 9.17) is 0 Å². The number of nitrogens with zero attached hydrogens (tertiary/aromatic N) is 3. The van der Waals surface area contributed by atoms with Gasteiger partial charge in [-0.1, -0.05) is 0 Å². The zero-order chi connectivity index (χ0) is 11.7. The van der Waals surface area contributed by atoms with Crippen molar-refractivity contribution in [1.82, 2.24) is 20.1 Å². The number of aryl methyl sites for hydroxylation is 1. The zero-order valence-corrected chi connectivity index (χ0v) is 9.98. The van der Waals surface area contributed by atoms with Gasteiger partial charge < -0.3 is 5.32 Å². The van der Waals surface area contributed by atoms with Gasteiger partial charge in [0.1, 0.15) is 0 Å². The average molecular weight is 228 g/mol. The minimum atomic E-state index is 0.846. The summed E-state index contributed by atoms with van der Waals surface area (Å²) in [5.74, 6) is 0. The Bertz CT molecular complexity index is 516. The van der Waals surface area contributed by atoms with Crippen molar-refractivity contribution in [2.24, 2.45) is 0 Å². The number of hydrogen-bond donors (Lipinski definition) is 1. The minimum absolute atomic E-state index is 0.846. The second-order valence-electron chi connectivity index (χ2n) is 4.45. The lowest BCUT2D eigenvalue weighted by atomic mass is 10.1. The van der Waals surface area contributed by atoms with Crippen molar-refractivity contribution in [3.63, 3.8) is 0 Å². The van der Waals surface area contributed by atoms with Gasteiger partial charge in [0.05, 0.1) is 12.2 Å². The van der Waals surface area contributed by atoms with Gasteiger partial charge in [-0.05, 0) is 24.6 Å². The van der Waals surface area contributed by atoms with Crippen molar-refractivity contribution in [3.8, 4) is 0 Å². The molecule has 3 rings (SSSR count). The first-order valence-electron chi connectivity index (χ1n) is 5.99. The third kappa shape index (κ3) is 1.96. The van der Waals surface area contributed by atoms with Crippen LogP contribution in [0.5, 0.6) is 0 Å². The lowest BCUT2D eigenvalue weighted by Crippen LogP contribution is -2.25. The Labute approximate surface area is 101 Å². The fourth-order valence-electron chi connectivity index (χ4n) is 2.39. The smallest absolute Gasteiger partial charge is 0.0663 e. The van der Waals surface area contributed by atoms with E-state index in [0.29, 0.717) is 0 Å². The Morgan fingerprint density at radius 2 is 2.18 bits per heavy atom. The van der Waals surface area contributed by atoms with E-state index >= 15 is 0 Å². The molecule has 2 aromatic rings. The molecule has 4 heteroatoms. The molecule has 4 nitrogen and oxygen atoms in total. The van der Waals surface area contributed by atoms with E-state index in [1.165, 1.54) is 16.8 Å². The van der Waals surface area contributed by atoms with Gasteiger partial charge in [-0.3, -0.25) is 9.67 Å². The molecule has 1 aliphatic heterocycles. The van der Waals surface area contributed by atoms with Crippen LogP contribution in [0.3, 0.4) is 0 Å². The molecular formula is C13H16N4. The van der Waals surface area contributed by atoms with Gasteiger partial charge in [0.15, 0.2) is 0 Å². The first kappa shape index (κ1) is 10.5. The van der Waals surface area contributed by atoms with E-state index in [-0.39, 0.29) is 0 Å². The predicted molar refractivity (Wildman–Crippen MR) is 65.7 cm³/mol. The first-order chi connectivity index (χ1) is 8.34. The number of aromatic nitrogens is 3. The molecule has 0 atom stereocenters. The summed E-state index contributed by atoms with van der Waals surface area (Å²) in [5, 5.41) is 8.04. The third-order valence-electron chi connectivity index (χ3n) is 3.29. The molecule has 0 radical (unpaired) electrons. The predicted octanol–water partition coefficient (Wildman–Crippen LogP) is 1.28. The van der Waals surface area contributed by atoms with Gasteiger partial charge in [-0.2, -0.15) is 5.10 Å². The number of nitrogens with one attached hydrogen (secondary N) is 1. The number of rotatable bonds is 2. The standard InChI is InChI=1S/C13H16N4/c1-10-12-8-15-7-4-13(12)17(16-10)9-11-2-5-14-6-3-11/h2-3,5-6,15H,4,7-9H2,1H3. The highest BCUT2D eigenvalue weighted by molar-refractivity contribution is 5.28. The van der Waals surface area contributed by atoms with Crippen LogP contribution < -0.4 is 5.32 Å². The van der Waals surface area contributed by atoms with Gasteiger partial charge in [0.25, 0.3) is 0 Å². The summed E-state index contributed by atoms with van der Waals surface area (Å²) in [4.78, 5) is 4.04. The van der Waals surface area contributed by atoms with Crippen LogP contribution in [0, 0.1) is 6.92 Å². The van der Waals surface area contributed by atoms with Crippen LogP contribution in [0.2, 0.25) is 0 Å². The molecule has 88 valence electrons. The molecule has 0 unspecified atom stereocenters. The minimum Gasteiger partial charge on any atom is -0.312 e. The van der Waals surface area contributed by atoms with Crippen LogP contribution in [0.1, 0.15) is 22.5 Å². The topological polar surface area (TPSA) is 42.7 Å². The van der Waals surface area contributed by atoms with Crippen molar-refractivity contribution in [2.75, 3.05) is 6.54 Å². The van der Waals surface area contributed by atoms with E-state index in [9.17, 15) is 0 Å². The Balaban J connectivity index is 1.93. The Morgan fingerprint density at radius 3 is 3.00 bits per heavy atom. The van der Waals surface area contributed by atoms with Crippen LogP contribution >= 0.6 is 0 Å². The molecule has 2 aromatic heterocycles. The number of hydrogen-bond acceptors (Lipinski definition) is 3. The number of fused-ring (bicyclic) bond motifs is 1. The summed E-state index contributed by atoms with van der Waals surface area (Å²) in [6.45, 7) is 4.94. The molecule has 1 N–H and O–H groups in total. The highest BCUT2D eigenvalue weighted by Crippen LogP contribution is 2.18. The van der Waals surface area contributed by atoms with Gasteiger partial charge >= 0.3 is 0 Å². The molecule has 0 spiro atoms. The summed E-state index contributed by atoms with van der Waals surface area (Å²) in [6.07, 6.45) is 4.74. The van der Waals surface area contributed by atoms with Crippen molar-refractivity contribution in [3.05, 3.63) is 47.0 Å². The summed E-state index contributed by atoms with van der Waals surface area (Å²) in [7, 11) is 0. The fraction of sp³-hybridized carbons (Fsp3) is 0.385. The lowest BCUT2D eigenvalue weighted by Gasteiger charge is -2.15. The molecule has 0 aliphatic carbocycles. The quantitative estimate of drug-likeness (QED) is 0.842. The first-order valence-corrected chi connectivity index (χ1v) is 5.99. The molecule has 0 fully saturated rings. The number of pyridine rings is 1.